The molecule has 0 fully saturated rings. The Balaban J connectivity index is 2.42. The van der Waals surface area contributed by atoms with Gasteiger partial charge in [-0.25, -0.2) is 0 Å². The maximum atomic E-state index is 12.5. The van der Waals surface area contributed by atoms with Crippen LogP contribution in [0.4, 0.5) is 8.78 Å². The Morgan fingerprint density at radius 2 is 1.86 bits per heavy atom. The predicted octanol–water partition coefficient (Wildman–Crippen LogP) is 1.17. The van der Waals surface area contributed by atoms with Crippen LogP contribution < -0.4 is 4.74 Å². The average molecular weight is 204 g/mol. The minimum atomic E-state index is -0.955. The SMILES string of the molecule is CCOCCOc1nc(F)cc(F)n1. The summed E-state index contributed by atoms with van der Waals surface area (Å²) in [5.41, 5.74) is 0. The van der Waals surface area contributed by atoms with Gasteiger partial charge in [0.15, 0.2) is 0 Å². The van der Waals surface area contributed by atoms with E-state index in [2.05, 4.69) is 9.97 Å². The molecule has 6 heteroatoms. The van der Waals surface area contributed by atoms with E-state index in [9.17, 15) is 8.78 Å². The molecule has 0 saturated carbocycles. The molecule has 0 N–H and O–H groups in total. The lowest BCUT2D eigenvalue weighted by molar-refractivity contribution is 0.105. The normalized spacial score (nSPS) is 10.2. The Morgan fingerprint density at radius 1 is 1.21 bits per heavy atom. The zero-order valence-electron chi connectivity index (χ0n) is 7.67. The van der Waals surface area contributed by atoms with Gasteiger partial charge in [0, 0.05) is 12.7 Å². The molecule has 0 radical (unpaired) electrons. The van der Waals surface area contributed by atoms with Crippen LogP contribution in [0.15, 0.2) is 6.07 Å². The quantitative estimate of drug-likeness (QED) is 0.533. The molecule has 0 spiro atoms. The van der Waals surface area contributed by atoms with E-state index in [1.807, 2.05) is 6.92 Å². The van der Waals surface area contributed by atoms with Crippen molar-refractivity contribution in [2.24, 2.45) is 0 Å². The van der Waals surface area contributed by atoms with Crippen LogP contribution in [-0.2, 0) is 4.74 Å². The van der Waals surface area contributed by atoms with Gasteiger partial charge >= 0.3 is 6.01 Å². The van der Waals surface area contributed by atoms with E-state index in [4.69, 9.17) is 9.47 Å². The molecule has 0 amide bonds. The standard InChI is InChI=1S/C8H10F2N2O2/c1-2-13-3-4-14-8-11-6(9)5-7(10)12-8/h5H,2-4H2,1H3. The number of aromatic nitrogens is 2. The summed E-state index contributed by atoms with van der Waals surface area (Å²) < 4.78 is 34.8. The molecular formula is C8H10F2N2O2. The van der Waals surface area contributed by atoms with Crippen molar-refractivity contribution in [3.8, 4) is 6.01 Å². The fourth-order valence-corrected chi connectivity index (χ4v) is 0.771. The van der Waals surface area contributed by atoms with Crippen LogP contribution in [0.5, 0.6) is 6.01 Å². The van der Waals surface area contributed by atoms with Crippen LogP contribution in [-0.4, -0.2) is 29.8 Å². The second kappa shape index (κ2) is 5.43. The monoisotopic (exact) mass is 204 g/mol. The summed E-state index contributed by atoms with van der Waals surface area (Å²) in [5, 5.41) is 0. The molecule has 0 bridgehead atoms. The summed E-state index contributed by atoms with van der Waals surface area (Å²) in [5.74, 6) is -1.91. The van der Waals surface area contributed by atoms with Crippen LogP contribution >= 0.6 is 0 Å². The maximum Gasteiger partial charge on any atom is 0.321 e. The predicted molar refractivity (Wildman–Crippen MR) is 43.9 cm³/mol. The first-order valence-corrected chi connectivity index (χ1v) is 4.13. The highest BCUT2D eigenvalue weighted by molar-refractivity contribution is 4.97. The van der Waals surface area contributed by atoms with E-state index in [0.717, 1.165) is 0 Å². The van der Waals surface area contributed by atoms with Crippen LogP contribution in [0.1, 0.15) is 6.92 Å². The summed E-state index contributed by atoms with van der Waals surface area (Å²) in [6.07, 6.45) is 0. The molecule has 0 aromatic carbocycles. The lowest BCUT2D eigenvalue weighted by atomic mass is 10.6. The Bertz CT molecular complexity index is 276. The molecule has 0 saturated heterocycles. The van der Waals surface area contributed by atoms with E-state index in [0.29, 0.717) is 19.3 Å². The van der Waals surface area contributed by atoms with Crippen molar-refractivity contribution >= 4 is 0 Å². The highest BCUT2D eigenvalue weighted by atomic mass is 19.1. The minimum Gasteiger partial charge on any atom is -0.461 e. The Hall–Kier alpha value is -1.30. The highest BCUT2D eigenvalue weighted by Gasteiger charge is 2.04. The highest BCUT2D eigenvalue weighted by Crippen LogP contribution is 2.04. The van der Waals surface area contributed by atoms with E-state index in [1.54, 1.807) is 0 Å². The summed E-state index contributed by atoms with van der Waals surface area (Å²) in [4.78, 5) is 6.47. The second-order valence-corrected chi connectivity index (χ2v) is 2.34. The van der Waals surface area contributed by atoms with Gasteiger partial charge in [-0.15, -0.1) is 0 Å². The van der Waals surface area contributed by atoms with Crippen molar-refractivity contribution < 1.29 is 18.3 Å². The van der Waals surface area contributed by atoms with Crippen LogP contribution in [0.25, 0.3) is 0 Å². The molecule has 14 heavy (non-hydrogen) atoms. The van der Waals surface area contributed by atoms with Gasteiger partial charge in [0.25, 0.3) is 0 Å². The Labute approximate surface area is 79.9 Å². The molecule has 1 rings (SSSR count). The molecule has 0 atom stereocenters. The number of nitrogens with zero attached hydrogens (tertiary/aromatic N) is 2. The van der Waals surface area contributed by atoms with Crippen LogP contribution in [0.2, 0.25) is 0 Å². The molecule has 1 aromatic rings. The van der Waals surface area contributed by atoms with Gasteiger partial charge < -0.3 is 9.47 Å². The number of ether oxygens (including phenoxy) is 2. The maximum absolute atomic E-state index is 12.5. The molecule has 0 unspecified atom stereocenters. The van der Waals surface area contributed by atoms with Crippen molar-refractivity contribution in [1.82, 2.24) is 9.97 Å². The molecule has 1 aromatic heterocycles. The molecule has 4 nitrogen and oxygen atoms in total. The van der Waals surface area contributed by atoms with Crippen LogP contribution in [0.3, 0.4) is 0 Å². The Kier molecular flexibility index (Phi) is 4.18. The fourth-order valence-electron chi connectivity index (χ4n) is 0.771. The van der Waals surface area contributed by atoms with Crippen LogP contribution in [0, 0.1) is 11.9 Å². The first-order chi connectivity index (χ1) is 6.72. The second-order valence-electron chi connectivity index (χ2n) is 2.34. The third kappa shape index (κ3) is 3.61. The van der Waals surface area contributed by atoms with Gasteiger partial charge in [0.05, 0.1) is 6.61 Å². The summed E-state index contributed by atoms with van der Waals surface area (Å²) in [7, 11) is 0. The Morgan fingerprint density at radius 3 is 2.43 bits per heavy atom. The third-order valence-electron chi connectivity index (χ3n) is 1.31. The largest absolute Gasteiger partial charge is 0.461 e. The first-order valence-electron chi connectivity index (χ1n) is 4.13. The fraction of sp³-hybridized carbons (Fsp3) is 0.500. The third-order valence-corrected chi connectivity index (χ3v) is 1.31. The van der Waals surface area contributed by atoms with Gasteiger partial charge in [-0.05, 0) is 6.92 Å². The van der Waals surface area contributed by atoms with E-state index >= 15 is 0 Å². The topological polar surface area (TPSA) is 44.2 Å². The van der Waals surface area contributed by atoms with Gasteiger partial charge in [-0.3, -0.25) is 0 Å². The van der Waals surface area contributed by atoms with Crippen molar-refractivity contribution in [2.75, 3.05) is 19.8 Å². The number of hydrogen-bond donors (Lipinski definition) is 0. The molecule has 1 heterocycles. The summed E-state index contributed by atoms with van der Waals surface area (Å²) in [6.45, 7) is 2.88. The summed E-state index contributed by atoms with van der Waals surface area (Å²) >= 11 is 0. The van der Waals surface area contributed by atoms with Crippen molar-refractivity contribution in [2.45, 2.75) is 6.92 Å². The first kappa shape index (κ1) is 10.8. The smallest absolute Gasteiger partial charge is 0.321 e. The van der Waals surface area contributed by atoms with Crippen molar-refractivity contribution in [1.29, 1.82) is 0 Å². The molecule has 0 aliphatic heterocycles. The molecule has 78 valence electrons. The lowest BCUT2D eigenvalue weighted by Crippen LogP contribution is -2.09. The minimum absolute atomic E-state index is 0.163. The van der Waals surface area contributed by atoms with Gasteiger partial charge in [-0.1, -0.05) is 0 Å². The number of halogens is 2. The van der Waals surface area contributed by atoms with Crippen molar-refractivity contribution in [3.63, 3.8) is 0 Å². The molecule has 0 aliphatic carbocycles. The average Bonchev–Trinajstić information content (AvgIpc) is 2.11. The zero-order chi connectivity index (χ0) is 10.4. The van der Waals surface area contributed by atoms with E-state index < -0.39 is 11.9 Å². The lowest BCUT2D eigenvalue weighted by Gasteiger charge is -2.03. The van der Waals surface area contributed by atoms with E-state index in [-0.39, 0.29) is 12.6 Å². The van der Waals surface area contributed by atoms with Gasteiger partial charge in [0.2, 0.25) is 11.9 Å². The molecule has 0 aliphatic rings. The number of rotatable bonds is 5. The van der Waals surface area contributed by atoms with Crippen molar-refractivity contribution in [3.05, 3.63) is 18.0 Å². The number of hydrogen-bond acceptors (Lipinski definition) is 4. The summed E-state index contributed by atoms with van der Waals surface area (Å²) in [6, 6.07) is 0.261. The molecular weight excluding hydrogens is 194 g/mol. The van der Waals surface area contributed by atoms with Gasteiger partial charge in [0.1, 0.15) is 6.61 Å². The zero-order valence-corrected chi connectivity index (χ0v) is 7.67. The van der Waals surface area contributed by atoms with E-state index in [1.165, 1.54) is 0 Å². The van der Waals surface area contributed by atoms with Gasteiger partial charge in [-0.2, -0.15) is 18.7 Å².